The van der Waals surface area contributed by atoms with Crippen LogP contribution < -0.4 is 4.74 Å². The lowest BCUT2D eigenvalue weighted by atomic mass is 9.77. The summed E-state index contributed by atoms with van der Waals surface area (Å²) < 4.78 is 31.9. The van der Waals surface area contributed by atoms with Gasteiger partial charge in [-0.3, -0.25) is 0 Å². The number of halogens is 2. The topological polar surface area (TPSA) is 88.1 Å². The van der Waals surface area contributed by atoms with Crippen molar-refractivity contribution in [3.63, 3.8) is 0 Å². The Morgan fingerprint density at radius 1 is 1.19 bits per heavy atom. The van der Waals surface area contributed by atoms with Gasteiger partial charge in [0.1, 0.15) is 5.75 Å². The molecule has 0 bridgehead atoms. The lowest BCUT2D eigenvalue weighted by Gasteiger charge is -2.29. The number of hydrogen-bond acceptors (Lipinski definition) is 4. The lowest BCUT2D eigenvalue weighted by Crippen LogP contribution is -2.17. The van der Waals surface area contributed by atoms with E-state index in [1.807, 2.05) is 12.1 Å². The summed E-state index contributed by atoms with van der Waals surface area (Å²) in [6.45, 7) is 0. The van der Waals surface area contributed by atoms with E-state index in [2.05, 4.69) is 15.4 Å². The highest BCUT2D eigenvalue weighted by Crippen LogP contribution is 2.57. The van der Waals surface area contributed by atoms with Crippen LogP contribution in [-0.2, 0) is 0 Å². The number of hydrogen-bond donors (Lipinski definition) is 2. The Morgan fingerprint density at radius 2 is 1.85 bits per heavy atom. The van der Waals surface area contributed by atoms with Gasteiger partial charge in [-0.05, 0) is 55.2 Å². The van der Waals surface area contributed by atoms with Crippen LogP contribution in [0, 0.1) is 11.8 Å². The molecule has 1 heterocycles. The Hall–Kier alpha value is -2.51. The summed E-state index contributed by atoms with van der Waals surface area (Å²) in [6, 6.07) is 7.42. The van der Waals surface area contributed by atoms with E-state index >= 15 is 0 Å². The lowest BCUT2D eigenvalue weighted by molar-refractivity contribution is 0.0686. The summed E-state index contributed by atoms with van der Waals surface area (Å²) in [4.78, 5) is 11.0. The van der Waals surface area contributed by atoms with Crippen LogP contribution in [0.2, 0.25) is 0 Å². The molecule has 4 rings (SSSR count). The van der Waals surface area contributed by atoms with E-state index in [0.717, 1.165) is 31.2 Å². The average Bonchev–Trinajstić information content (AvgIpc) is 3.03. The van der Waals surface area contributed by atoms with Crippen LogP contribution in [0.4, 0.5) is 8.78 Å². The number of carboxylic acid groups (broad SMARTS) is 1. The number of benzene rings is 1. The molecule has 1 atom stereocenters. The smallest absolute Gasteiger partial charge is 0.362 e. The number of ether oxygens (including phenoxy) is 1. The summed E-state index contributed by atoms with van der Waals surface area (Å²) in [5.74, 6) is -3.05. The average molecular weight is 363 g/mol. The normalized spacial score (nSPS) is 27.1. The predicted molar refractivity (Wildman–Crippen MR) is 87.6 cm³/mol. The van der Waals surface area contributed by atoms with Gasteiger partial charge in [-0.15, -0.1) is 5.10 Å². The summed E-state index contributed by atoms with van der Waals surface area (Å²) >= 11 is 0. The molecule has 26 heavy (non-hydrogen) atoms. The van der Waals surface area contributed by atoms with Gasteiger partial charge in [0, 0.05) is 12.3 Å². The molecule has 2 fully saturated rings. The molecule has 0 saturated heterocycles. The molecule has 2 saturated carbocycles. The van der Waals surface area contributed by atoms with E-state index in [4.69, 9.17) is 9.84 Å². The van der Waals surface area contributed by atoms with E-state index in [0.29, 0.717) is 11.7 Å². The zero-order valence-electron chi connectivity index (χ0n) is 14.0. The predicted octanol–water partition coefficient (Wildman–Crippen LogP) is 4.22. The van der Waals surface area contributed by atoms with Crippen molar-refractivity contribution in [3.05, 3.63) is 35.5 Å². The highest BCUT2D eigenvalue weighted by atomic mass is 19.3. The van der Waals surface area contributed by atoms with Crippen molar-refractivity contribution in [2.45, 2.75) is 43.9 Å². The monoisotopic (exact) mass is 363 g/mol. The maximum absolute atomic E-state index is 13.2. The van der Waals surface area contributed by atoms with Crippen LogP contribution in [0.1, 0.15) is 54.1 Å². The van der Waals surface area contributed by atoms with Crippen molar-refractivity contribution in [2.24, 2.45) is 11.8 Å². The van der Waals surface area contributed by atoms with Crippen LogP contribution in [-0.4, -0.2) is 32.4 Å². The molecule has 2 N–H and O–H groups in total. The number of rotatable bonds is 5. The molecule has 2 aliphatic carbocycles. The van der Waals surface area contributed by atoms with Crippen LogP contribution >= 0.6 is 0 Å². The fourth-order valence-electron chi connectivity index (χ4n) is 3.96. The second kappa shape index (κ2) is 6.34. The number of carboxylic acids is 1. The van der Waals surface area contributed by atoms with Crippen LogP contribution in [0.25, 0.3) is 0 Å². The third kappa shape index (κ3) is 3.27. The molecule has 1 unspecified atom stereocenters. The molecule has 1 aromatic heterocycles. The molecule has 138 valence electrons. The number of aromatic carboxylic acids is 1. The first kappa shape index (κ1) is 16.9. The minimum atomic E-state index is -2.42. The Labute approximate surface area is 148 Å². The molecule has 6 nitrogen and oxygen atoms in total. The third-order valence-corrected chi connectivity index (χ3v) is 5.51. The minimum Gasteiger partial charge on any atom is -0.476 e. The van der Waals surface area contributed by atoms with E-state index in [9.17, 15) is 13.6 Å². The van der Waals surface area contributed by atoms with Gasteiger partial charge in [0.2, 0.25) is 5.69 Å². The number of nitrogens with zero attached hydrogens (tertiary/aromatic N) is 2. The first-order valence-corrected chi connectivity index (χ1v) is 8.74. The second-order valence-electron chi connectivity index (χ2n) is 7.15. The Kier molecular flexibility index (Phi) is 4.13. The van der Waals surface area contributed by atoms with Crippen molar-refractivity contribution in [2.75, 3.05) is 0 Å². The van der Waals surface area contributed by atoms with E-state index in [1.54, 1.807) is 12.1 Å². The van der Waals surface area contributed by atoms with Gasteiger partial charge in [-0.25, -0.2) is 18.7 Å². The van der Waals surface area contributed by atoms with Crippen molar-refractivity contribution >= 4 is 5.97 Å². The van der Waals surface area contributed by atoms with E-state index in [-0.39, 0.29) is 23.9 Å². The molecule has 8 heteroatoms. The zero-order chi connectivity index (χ0) is 18.3. The van der Waals surface area contributed by atoms with Crippen molar-refractivity contribution in [1.82, 2.24) is 15.4 Å². The van der Waals surface area contributed by atoms with Gasteiger partial charge in [-0.1, -0.05) is 17.3 Å². The Balaban J connectivity index is 1.36. The largest absolute Gasteiger partial charge is 0.476 e. The van der Waals surface area contributed by atoms with E-state index in [1.165, 1.54) is 0 Å². The summed E-state index contributed by atoms with van der Waals surface area (Å²) in [6.07, 6.45) is 3.61. The molecular formula is C18H19F2N3O3. The molecule has 2 aliphatic rings. The van der Waals surface area contributed by atoms with Crippen molar-refractivity contribution in [1.29, 1.82) is 0 Å². The molecule has 0 amide bonds. The number of alkyl halides is 2. The van der Waals surface area contributed by atoms with Crippen LogP contribution in [0.15, 0.2) is 24.3 Å². The van der Waals surface area contributed by atoms with Gasteiger partial charge in [-0.2, -0.15) is 0 Å². The molecule has 0 aliphatic heterocycles. The summed E-state index contributed by atoms with van der Waals surface area (Å²) in [5, 5.41) is 18.3. The second-order valence-corrected chi connectivity index (χ2v) is 7.15. The first-order chi connectivity index (χ1) is 12.4. The zero-order valence-corrected chi connectivity index (χ0v) is 14.0. The van der Waals surface area contributed by atoms with Crippen LogP contribution in [0.5, 0.6) is 11.6 Å². The quantitative estimate of drug-likeness (QED) is 0.830. The summed E-state index contributed by atoms with van der Waals surface area (Å²) in [5.41, 5.74) is 0.879. The van der Waals surface area contributed by atoms with Crippen molar-refractivity contribution < 1.29 is 23.4 Å². The maximum Gasteiger partial charge on any atom is 0.362 e. The standard InChI is InChI=1S/C18H19F2N3O3/c19-18(20)9-14(18)12-3-1-10(2-4-12)11-5-7-13(8-6-11)26-16-15(17(24)25)21-23-22-16/h5-8,10,12,14H,1-4,9H2,(H,24,25)(H,21,22,23). The fraction of sp³-hybridized carbons (Fsp3) is 0.500. The molecule has 0 radical (unpaired) electrons. The number of aromatic amines is 1. The van der Waals surface area contributed by atoms with Gasteiger partial charge in [0.15, 0.2) is 0 Å². The number of aromatic nitrogens is 3. The fourth-order valence-corrected chi connectivity index (χ4v) is 3.96. The highest BCUT2D eigenvalue weighted by Gasteiger charge is 2.60. The van der Waals surface area contributed by atoms with Gasteiger partial charge in [0.25, 0.3) is 11.8 Å². The van der Waals surface area contributed by atoms with Gasteiger partial charge in [0.05, 0.1) is 0 Å². The Bertz CT molecular complexity index is 798. The maximum atomic E-state index is 13.2. The van der Waals surface area contributed by atoms with Gasteiger partial charge >= 0.3 is 5.97 Å². The first-order valence-electron chi connectivity index (χ1n) is 8.74. The SMILES string of the molecule is O=C(O)c1nn[nH]c1Oc1ccc(C2CCC(C3CC3(F)F)CC2)cc1. The molecule has 1 aromatic carbocycles. The number of H-pyrrole nitrogens is 1. The minimum absolute atomic E-state index is 0.0175. The van der Waals surface area contributed by atoms with Gasteiger partial charge < -0.3 is 9.84 Å². The third-order valence-electron chi connectivity index (χ3n) is 5.51. The molecular weight excluding hydrogens is 344 g/mol. The Morgan fingerprint density at radius 3 is 2.42 bits per heavy atom. The molecule has 2 aromatic rings. The van der Waals surface area contributed by atoms with Crippen molar-refractivity contribution in [3.8, 4) is 11.6 Å². The highest BCUT2D eigenvalue weighted by molar-refractivity contribution is 5.87. The number of nitrogens with one attached hydrogen (secondary N) is 1. The summed E-state index contributed by atoms with van der Waals surface area (Å²) in [7, 11) is 0. The number of carbonyl (C=O) groups is 1. The van der Waals surface area contributed by atoms with E-state index < -0.39 is 17.8 Å². The van der Waals surface area contributed by atoms with Crippen LogP contribution in [0.3, 0.4) is 0 Å². The molecule has 0 spiro atoms.